The molecule has 0 spiro atoms. The monoisotopic (exact) mass is 428 g/mol. The molecule has 2 heterocycles. The van der Waals surface area contributed by atoms with Crippen molar-refractivity contribution in [3.8, 4) is 0 Å². The van der Waals surface area contributed by atoms with Crippen LogP contribution in [0.3, 0.4) is 0 Å². The number of halogens is 2. The molecule has 4 rings (SSSR count). The number of piperazine rings is 1. The van der Waals surface area contributed by atoms with Crippen LogP contribution in [0.5, 0.6) is 0 Å². The quantitative estimate of drug-likeness (QED) is 0.499. The van der Waals surface area contributed by atoms with E-state index in [1.165, 1.54) is 17.2 Å². The standard InChI is InChI=1S/C23H26Cl2N4/c24-20-8-5-9-21(22(20)25)29-16-14-28(15-17-29)13-4-3-11-26-23-19-7-2-1-6-18(19)10-12-27-23/h1-2,5-10,12H,3-4,11,13-17H2,(H,26,27). The summed E-state index contributed by atoms with van der Waals surface area (Å²) >= 11 is 12.5. The lowest BCUT2D eigenvalue weighted by molar-refractivity contribution is 0.254. The molecule has 3 aromatic rings. The lowest BCUT2D eigenvalue weighted by Gasteiger charge is -2.36. The minimum absolute atomic E-state index is 0.625. The first-order valence-corrected chi connectivity index (χ1v) is 11.0. The Morgan fingerprint density at radius 2 is 1.72 bits per heavy atom. The zero-order valence-electron chi connectivity index (χ0n) is 16.5. The SMILES string of the molecule is Clc1cccc(N2CCN(CCCCNc3nccc4ccccc34)CC2)c1Cl. The molecule has 2 aromatic carbocycles. The van der Waals surface area contributed by atoms with Gasteiger partial charge in [-0.25, -0.2) is 4.98 Å². The van der Waals surface area contributed by atoms with Crippen LogP contribution in [0.4, 0.5) is 11.5 Å². The number of hydrogen-bond donors (Lipinski definition) is 1. The van der Waals surface area contributed by atoms with Crippen molar-refractivity contribution < 1.29 is 0 Å². The Balaban J connectivity index is 1.19. The first-order chi connectivity index (χ1) is 14.2. The molecule has 152 valence electrons. The molecule has 6 heteroatoms. The zero-order valence-corrected chi connectivity index (χ0v) is 18.0. The van der Waals surface area contributed by atoms with Crippen molar-refractivity contribution in [3.63, 3.8) is 0 Å². The normalized spacial score (nSPS) is 15.0. The maximum Gasteiger partial charge on any atom is 0.133 e. The summed E-state index contributed by atoms with van der Waals surface area (Å²) in [6, 6.07) is 16.3. The van der Waals surface area contributed by atoms with Crippen LogP contribution in [0.25, 0.3) is 10.8 Å². The molecule has 1 fully saturated rings. The van der Waals surface area contributed by atoms with Crippen molar-refractivity contribution in [2.45, 2.75) is 12.8 Å². The highest BCUT2D eigenvalue weighted by atomic mass is 35.5. The fraction of sp³-hybridized carbons (Fsp3) is 0.348. The van der Waals surface area contributed by atoms with Crippen molar-refractivity contribution in [1.82, 2.24) is 9.88 Å². The molecule has 1 aliphatic rings. The molecule has 4 nitrogen and oxygen atoms in total. The van der Waals surface area contributed by atoms with Gasteiger partial charge >= 0.3 is 0 Å². The molecular weight excluding hydrogens is 403 g/mol. The van der Waals surface area contributed by atoms with Gasteiger partial charge in [0.25, 0.3) is 0 Å². The summed E-state index contributed by atoms with van der Waals surface area (Å²) in [6.07, 6.45) is 4.18. The van der Waals surface area contributed by atoms with Gasteiger partial charge in [-0.2, -0.15) is 0 Å². The number of anilines is 2. The molecule has 1 aromatic heterocycles. The van der Waals surface area contributed by atoms with Crippen molar-refractivity contribution in [2.75, 3.05) is 49.5 Å². The Hall–Kier alpha value is -2.01. The summed E-state index contributed by atoms with van der Waals surface area (Å²) in [5.74, 6) is 0.982. The molecule has 1 N–H and O–H groups in total. The van der Waals surface area contributed by atoms with Crippen molar-refractivity contribution in [3.05, 3.63) is 64.8 Å². The third-order valence-corrected chi connectivity index (χ3v) is 6.32. The molecule has 0 unspecified atom stereocenters. The fourth-order valence-corrected chi connectivity index (χ4v) is 4.29. The Kier molecular flexibility index (Phi) is 6.75. The first kappa shape index (κ1) is 20.3. The Morgan fingerprint density at radius 1 is 0.897 bits per heavy atom. The van der Waals surface area contributed by atoms with E-state index in [4.69, 9.17) is 23.2 Å². The summed E-state index contributed by atoms with van der Waals surface area (Å²) in [6.45, 7) is 6.15. The van der Waals surface area contributed by atoms with Gasteiger partial charge < -0.3 is 10.2 Å². The zero-order chi connectivity index (χ0) is 20.1. The number of pyridine rings is 1. The van der Waals surface area contributed by atoms with Crippen molar-refractivity contribution in [2.24, 2.45) is 0 Å². The number of aromatic nitrogens is 1. The Labute approximate surface area is 182 Å². The van der Waals surface area contributed by atoms with E-state index >= 15 is 0 Å². The highest BCUT2D eigenvalue weighted by Crippen LogP contribution is 2.32. The van der Waals surface area contributed by atoms with E-state index in [0.29, 0.717) is 10.0 Å². The molecular formula is C23H26Cl2N4. The van der Waals surface area contributed by atoms with Crippen LogP contribution in [0.15, 0.2) is 54.7 Å². The van der Waals surface area contributed by atoms with Crippen LogP contribution >= 0.6 is 23.2 Å². The first-order valence-electron chi connectivity index (χ1n) is 10.2. The number of nitrogens with zero attached hydrogens (tertiary/aromatic N) is 3. The van der Waals surface area contributed by atoms with Crippen LogP contribution in [0, 0.1) is 0 Å². The fourth-order valence-electron chi connectivity index (χ4n) is 3.88. The lowest BCUT2D eigenvalue weighted by atomic mass is 10.1. The summed E-state index contributed by atoms with van der Waals surface area (Å²) in [5.41, 5.74) is 1.05. The highest BCUT2D eigenvalue weighted by molar-refractivity contribution is 6.43. The number of fused-ring (bicyclic) bond motifs is 1. The van der Waals surface area contributed by atoms with Gasteiger partial charge in [-0.1, -0.05) is 53.5 Å². The van der Waals surface area contributed by atoms with Crippen LogP contribution < -0.4 is 10.2 Å². The minimum atomic E-state index is 0.625. The van der Waals surface area contributed by atoms with Gasteiger partial charge in [-0.15, -0.1) is 0 Å². The van der Waals surface area contributed by atoms with E-state index in [0.717, 1.165) is 57.2 Å². The van der Waals surface area contributed by atoms with Crippen LogP contribution in [-0.4, -0.2) is 49.2 Å². The molecule has 1 aliphatic heterocycles. The van der Waals surface area contributed by atoms with Gasteiger partial charge in [0, 0.05) is 44.3 Å². The van der Waals surface area contributed by atoms with E-state index in [1.54, 1.807) is 0 Å². The predicted octanol–water partition coefficient (Wildman–Crippen LogP) is 5.56. The van der Waals surface area contributed by atoms with Gasteiger partial charge in [0.15, 0.2) is 0 Å². The van der Waals surface area contributed by atoms with Crippen molar-refractivity contribution in [1.29, 1.82) is 0 Å². The predicted molar refractivity (Wildman–Crippen MR) is 125 cm³/mol. The Bertz CT molecular complexity index is 949. The lowest BCUT2D eigenvalue weighted by Crippen LogP contribution is -2.46. The molecule has 0 bridgehead atoms. The van der Waals surface area contributed by atoms with Crippen LogP contribution in [-0.2, 0) is 0 Å². The minimum Gasteiger partial charge on any atom is -0.370 e. The molecule has 0 aliphatic carbocycles. The average Bonchev–Trinajstić information content (AvgIpc) is 2.76. The second-order valence-corrected chi connectivity index (χ2v) is 8.20. The summed E-state index contributed by atoms with van der Waals surface area (Å²) in [7, 11) is 0. The third-order valence-electron chi connectivity index (χ3n) is 5.51. The number of rotatable bonds is 7. The number of unbranched alkanes of at least 4 members (excludes halogenated alkanes) is 1. The summed E-state index contributed by atoms with van der Waals surface area (Å²) < 4.78 is 0. The molecule has 0 atom stereocenters. The largest absolute Gasteiger partial charge is 0.370 e. The van der Waals surface area contributed by atoms with Gasteiger partial charge in [-0.05, 0) is 43.0 Å². The third kappa shape index (κ3) is 4.95. The van der Waals surface area contributed by atoms with E-state index < -0.39 is 0 Å². The smallest absolute Gasteiger partial charge is 0.133 e. The average molecular weight is 429 g/mol. The van der Waals surface area contributed by atoms with E-state index in [-0.39, 0.29) is 0 Å². The second-order valence-electron chi connectivity index (χ2n) is 7.42. The molecule has 0 amide bonds. The Morgan fingerprint density at radius 3 is 2.59 bits per heavy atom. The molecule has 29 heavy (non-hydrogen) atoms. The summed E-state index contributed by atoms with van der Waals surface area (Å²) in [5, 5.41) is 7.20. The van der Waals surface area contributed by atoms with Gasteiger partial charge in [-0.3, -0.25) is 4.90 Å². The molecule has 0 saturated carbocycles. The molecule has 0 radical (unpaired) electrons. The van der Waals surface area contributed by atoms with E-state index in [1.807, 2.05) is 18.3 Å². The van der Waals surface area contributed by atoms with Gasteiger partial charge in [0.1, 0.15) is 5.82 Å². The maximum absolute atomic E-state index is 6.37. The van der Waals surface area contributed by atoms with E-state index in [2.05, 4.69) is 56.5 Å². The van der Waals surface area contributed by atoms with Crippen LogP contribution in [0.2, 0.25) is 10.0 Å². The number of benzene rings is 2. The van der Waals surface area contributed by atoms with Gasteiger partial charge in [0.2, 0.25) is 0 Å². The van der Waals surface area contributed by atoms with Crippen molar-refractivity contribution >= 4 is 45.5 Å². The maximum atomic E-state index is 6.37. The number of nitrogens with one attached hydrogen (secondary N) is 1. The topological polar surface area (TPSA) is 31.4 Å². The van der Waals surface area contributed by atoms with Gasteiger partial charge in [0.05, 0.1) is 15.7 Å². The second kappa shape index (κ2) is 9.66. The number of hydrogen-bond acceptors (Lipinski definition) is 4. The summed E-state index contributed by atoms with van der Waals surface area (Å²) in [4.78, 5) is 9.36. The van der Waals surface area contributed by atoms with Crippen LogP contribution in [0.1, 0.15) is 12.8 Å². The van der Waals surface area contributed by atoms with E-state index in [9.17, 15) is 0 Å². The highest BCUT2D eigenvalue weighted by Gasteiger charge is 2.19. The molecule has 1 saturated heterocycles.